The van der Waals surface area contributed by atoms with Crippen LogP contribution < -0.4 is 0 Å². The molecule has 1 unspecified atom stereocenters. The van der Waals surface area contributed by atoms with Crippen molar-refractivity contribution < 1.29 is 12.9 Å². The maximum Gasteiger partial charge on any atom is 0.244 e. The van der Waals surface area contributed by atoms with Gasteiger partial charge in [0, 0.05) is 18.7 Å². The van der Waals surface area contributed by atoms with Crippen LogP contribution in [0.1, 0.15) is 50.0 Å². The van der Waals surface area contributed by atoms with Gasteiger partial charge in [0.15, 0.2) is 0 Å². The van der Waals surface area contributed by atoms with E-state index in [0.717, 1.165) is 18.4 Å². The second-order valence-electron chi connectivity index (χ2n) is 7.87. The van der Waals surface area contributed by atoms with Crippen LogP contribution in [0, 0.1) is 0 Å². The van der Waals surface area contributed by atoms with Crippen molar-refractivity contribution in [1.82, 2.24) is 14.4 Å². The lowest BCUT2D eigenvalue weighted by atomic mass is 9.99. The van der Waals surface area contributed by atoms with Gasteiger partial charge in [-0.15, -0.1) is 0 Å². The zero-order chi connectivity index (χ0) is 21.3. The average Bonchev–Trinajstić information content (AvgIpc) is 3.24. The second-order valence-corrected chi connectivity index (χ2v) is 10.2. The number of hydrogen-bond acceptors (Lipinski definition) is 5. The molecule has 0 saturated carbocycles. The van der Waals surface area contributed by atoms with Crippen molar-refractivity contribution in [2.45, 2.75) is 43.4 Å². The normalized spacial score (nSPS) is 18.1. The number of sulfonamides is 1. The molecule has 1 saturated heterocycles. The first-order valence-corrected chi connectivity index (χ1v) is 11.9. The van der Waals surface area contributed by atoms with E-state index in [2.05, 4.69) is 36.1 Å². The molecule has 2 heterocycles. The van der Waals surface area contributed by atoms with E-state index >= 15 is 0 Å². The maximum absolute atomic E-state index is 13.1. The summed E-state index contributed by atoms with van der Waals surface area (Å²) in [5, 5.41) is 4.35. The number of hydrogen-bond donors (Lipinski definition) is 0. The number of nitrogens with zero attached hydrogens (tertiary/aromatic N) is 3. The molecular weight excluding hydrogens is 422 g/mol. The summed E-state index contributed by atoms with van der Waals surface area (Å²) in [4.78, 5) is 4.69. The number of benzene rings is 2. The van der Waals surface area contributed by atoms with Crippen molar-refractivity contribution in [3.8, 4) is 11.4 Å². The van der Waals surface area contributed by atoms with Crippen molar-refractivity contribution in [2.75, 3.05) is 13.1 Å². The molecule has 1 fully saturated rings. The lowest BCUT2D eigenvalue weighted by molar-refractivity contribution is 0.265. The Morgan fingerprint density at radius 2 is 1.87 bits per heavy atom. The number of halogens is 1. The predicted octanol–water partition coefficient (Wildman–Crippen LogP) is 5.08. The quantitative estimate of drug-likeness (QED) is 0.547. The Hall–Kier alpha value is -2.22. The van der Waals surface area contributed by atoms with Gasteiger partial charge in [0.25, 0.3) is 0 Å². The smallest absolute Gasteiger partial charge is 0.244 e. The standard InChI is InChI=1S/C22H24ClN3O3S/c1-15(2)16-9-11-17(12-10-16)21-24-22(29-25-21)18-6-5-13-26(14-18)30(27,28)20-8-4-3-7-19(20)23/h3-4,7-12,15,18H,5-6,13-14H2,1-2H3. The molecule has 158 valence electrons. The van der Waals surface area contributed by atoms with Gasteiger partial charge in [0.2, 0.25) is 21.7 Å². The highest BCUT2D eigenvalue weighted by atomic mass is 35.5. The Morgan fingerprint density at radius 3 is 2.57 bits per heavy atom. The highest BCUT2D eigenvalue weighted by molar-refractivity contribution is 7.89. The van der Waals surface area contributed by atoms with E-state index < -0.39 is 10.0 Å². The Kier molecular flexibility index (Phi) is 5.95. The fraction of sp³-hybridized carbons (Fsp3) is 0.364. The van der Waals surface area contributed by atoms with E-state index in [1.165, 1.54) is 15.9 Å². The fourth-order valence-corrected chi connectivity index (χ4v) is 5.71. The van der Waals surface area contributed by atoms with Crippen LogP contribution in [0.25, 0.3) is 11.4 Å². The van der Waals surface area contributed by atoms with Gasteiger partial charge in [0.05, 0.1) is 10.9 Å². The molecule has 0 bridgehead atoms. The van der Waals surface area contributed by atoms with E-state index in [0.29, 0.717) is 30.7 Å². The van der Waals surface area contributed by atoms with Crippen LogP contribution in [0.2, 0.25) is 5.02 Å². The van der Waals surface area contributed by atoms with Gasteiger partial charge in [-0.2, -0.15) is 9.29 Å². The minimum Gasteiger partial charge on any atom is -0.339 e. The largest absolute Gasteiger partial charge is 0.339 e. The van der Waals surface area contributed by atoms with Gasteiger partial charge in [-0.3, -0.25) is 0 Å². The topological polar surface area (TPSA) is 76.3 Å². The molecule has 0 aliphatic carbocycles. The minimum absolute atomic E-state index is 0.128. The van der Waals surface area contributed by atoms with Crippen molar-refractivity contribution in [3.05, 3.63) is 65.0 Å². The molecule has 30 heavy (non-hydrogen) atoms. The summed E-state index contributed by atoms with van der Waals surface area (Å²) >= 11 is 6.14. The summed E-state index contributed by atoms with van der Waals surface area (Å²) in [6.07, 6.45) is 1.51. The zero-order valence-electron chi connectivity index (χ0n) is 17.0. The molecular formula is C22H24ClN3O3S. The summed E-state index contributed by atoms with van der Waals surface area (Å²) in [7, 11) is -3.68. The van der Waals surface area contributed by atoms with Crippen LogP contribution in [-0.2, 0) is 10.0 Å². The maximum atomic E-state index is 13.1. The van der Waals surface area contributed by atoms with E-state index in [1.54, 1.807) is 18.2 Å². The van der Waals surface area contributed by atoms with Crippen molar-refractivity contribution >= 4 is 21.6 Å². The Bertz CT molecular complexity index is 1130. The average molecular weight is 446 g/mol. The van der Waals surface area contributed by atoms with E-state index in [-0.39, 0.29) is 15.8 Å². The molecule has 1 aliphatic rings. The Labute approximate surface area is 181 Å². The van der Waals surface area contributed by atoms with Crippen molar-refractivity contribution in [1.29, 1.82) is 0 Å². The molecule has 2 aromatic carbocycles. The summed E-state index contributed by atoms with van der Waals surface area (Å²) in [6.45, 7) is 5.03. The van der Waals surface area contributed by atoms with Gasteiger partial charge in [-0.25, -0.2) is 8.42 Å². The molecule has 0 radical (unpaired) electrons. The van der Waals surface area contributed by atoms with Gasteiger partial charge >= 0.3 is 0 Å². The van der Waals surface area contributed by atoms with E-state index in [1.807, 2.05) is 12.1 Å². The van der Waals surface area contributed by atoms with Gasteiger partial charge in [-0.1, -0.05) is 67.0 Å². The first-order chi connectivity index (χ1) is 14.4. The molecule has 6 nitrogen and oxygen atoms in total. The summed E-state index contributed by atoms with van der Waals surface area (Å²) in [6, 6.07) is 14.6. The van der Waals surface area contributed by atoms with Gasteiger partial charge < -0.3 is 4.52 Å². The van der Waals surface area contributed by atoms with Crippen LogP contribution in [0.3, 0.4) is 0 Å². The summed E-state index contributed by atoms with van der Waals surface area (Å²) < 4.78 is 33.1. The van der Waals surface area contributed by atoms with Crippen LogP contribution in [0.5, 0.6) is 0 Å². The first kappa shape index (κ1) is 21.0. The molecule has 4 rings (SSSR count). The lowest BCUT2D eigenvalue weighted by Gasteiger charge is -2.30. The van der Waals surface area contributed by atoms with Crippen LogP contribution in [-0.4, -0.2) is 36.0 Å². The Balaban J connectivity index is 1.54. The third-order valence-corrected chi connectivity index (χ3v) is 7.83. The number of rotatable bonds is 5. The van der Waals surface area contributed by atoms with Crippen LogP contribution in [0.15, 0.2) is 57.9 Å². The van der Waals surface area contributed by atoms with Crippen LogP contribution in [0.4, 0.5) is 0 Å². The molecule has 8 heteroatoms. The molecule has 3 aromatic rings. The molecule has 0 N–H and O–H groups in total. The SMILES string of the molecule is CC(C)c1ccc(-c2noc(C3CCCN(S(=O)(=O)c4ccccc4Cl)C3)n2)cc1. The fourth-order valence-electron chi connectivity index (χ4n) is 3.69. The molecule has 0 amide bonds. The Morgan fingerprint density at radius 1 is 1.13 bits per heavy atom. The second kappa shape index (κ2) is 8.49. The zero-order valence-corrected chi connectivity index (χ0v) is 18.5. The highest BCUT2D eigenvalue weighted by Crippen LogP contribution is 2.32. The van der Waals surface area contributed by atoms with Crippen LogP contribution >= 0.6 is 11.6 Å². The summed E-state index contributed by atoms with van der Waals surface area (Å²) in [5.41, 5.74) is 2.13. The van der Waals surface area contributed by atoms with Crippen molar-refractivity contribution in [2.24, 2.45) is 0 Å². The lowest BCUT2D eigenvalue weighted by Crippen LogP contribution is -2.39. The molecule has 1 atom stereocenters. The van der Waals surface area contributed by atoms with Gasteiger partial charge in [0.1, 0.15) is 4.90 Å². The third-order valence-electron chi connectivity index (χ3n) is 5.47. The third kappa shape index (κ3) is 4.15. The van der Waals surface area contributed by atoms with Crippen molar-refractivity contribution in [3.63, 3.8) is 0 Å². The monoisotopic (exact) mass is 445 g/mol. The summed E-state index contributed by atoms with van der Waals surface area (Å²) in [5.74, 6) is 1.30. The first-order valence-electron chi connectivity index (χ1n) is 10.0. The molecule has 0 spiro atoms. The molecule has 1 aliphatic heterocycles. The number of aromatic nitrogens is 2. The van der Waals surface area contributed by atoms with E-state index in [9.17, 15) is 8.42 Å². The molecule has 1 aromatic heterocycles. The minimum atomic E-state index is -3.68. The highest BCUT2D eigenvalue weighted by Gasteiger charge is 2.34. The number of piperidine rings is 1. The van der Waals surface area contributed by atoms with E-state index in [4.69, 9.17) is 16.1 Å². The predicted molar refractivity (Wildman–Crippen MR) is 116 cm³/mol. The van der Waals surface area contributed by atoms with Gasteiger partial charge in [-0.05, 0) is 36.5 Å².